The van der Waals surface area contributed by atoms with Crippen molar-refractivity contribution in [2.45, 2.75) is 31.9 Å². The zero-order valence-corrected chi connectivity index (χ0v) is 14.5. The standard InChI is InChI=1S/C19H28N2O3/c1-14-13-21(8-9-22-14)7-6-20-19(15-2-3-15)16-4-5-17-18(12-16)24-11-10-23-17/h4-5,12,14-15,19-20H,2-3,6-11,13H2,1H3/t14-,19+/m0/s1. The second kappa shape index (κ2) is 7.30. The summed E-state index contributed by atoms with van der Waals surface area (Å²) >= 11 is 0. The highest BCUT2D eigenvalue weighted by Gasteiger charge is 2.32. The number of morpholine rings is 1. The normalized spacial score (nSPS) is 25.5. The highest BCUT2D eigenvalue weighted by atomic mass is 16.6. The van der Waals surface area contributed by atoms with Gasteiger partial charge in [-0.3, -0.25) is 4.90 Å². The maximum atomic E-state index is 5.75. The quantitative estimate of drug-likeness (QED) is 0.865. The van der Waals surface area contributed by atoms with Gasteiger partial charge >= 0.3 is 0 Å². The van der Waals surface area contributed by atoms with E-state index in [-0.39, 0.29) is 0 Å². The molecular formula is C19H28N2O3. The molecule has 1 N–H and O–H groups in total. The summed E-state index contributed by atoms with van der Waals surface area (Å²) in [6.45, 7) is 8.49. The van der Waals surface area contributed by atoms with E-state index >= 15 is 0 Å². The van der Waals surface area contributed by atoms with Gasteiger partial charge in [-0.05, 0) is 43.4 Å². The molecule has 0 aromatic heterocycles. The lowest BCUT2D eigenvalue weighted by molar-refractivity contribution is -0.0178. The third kappa shape index (κ3) is 3.85. The first kappa shape index (κ1) is 16.2. The molecule has 2 atom stereocenters. The van der Waals surface area contributed by atoms with E-state index in [1.165, 1.54) is 18.4 Å². The van der Waals surface area contributed by atoms with Crippen LogP contribution in [0.2, 0.25) is 0 Å². The lowest BCUT2D eigenvalue weighted by Crippen LogP contribution is -2.44. The van der Waals surface area contributed by atoms with Gasteiger partial charge < -0.3 is 19.5 Å². The van der Waals surface area contributed by atoms with E-state index in [9.17, 15) is 0 Å². The van der Waals surface area contributed by atoms with Gasteiger partial charge in [0.05, 0.1) is 12.7 Å². The average molecular weight is 332 g/mol. The molecule has 0 unspecified atom stereocenters. The number of rotatable bonds is 6. The predicted molar refractivity (Wildman–Crippen MR) is 92.8 cm³/mol. The molecule has 0 radical (unpaired) electrons. The molecular weight excluding hydrogens is 304 g/mol. The molecule has 5 heteroatoms. The number of fused-ring (bicyclic) bond motifs is 1. The first-order valence-corrected chi connectivity index (χ1v) is 9.26. The molecule has 2 fully saturated rings. The minimum atomic E-state index is 0.357. The minimum Gasteiger partial charge on any atom is -0.486 e. The molecule has 0 spiro atoms. The molecule has 1 saturated heterocycles. The maximum absolute atomic E-state index is 5.75. The lowest BCUT2D eigenvalue weighted by Gasteiger charge is -2.31. The van der Waals surface area contributed by atoms with Crippen molar-refractivity contribution < 1.29 is 14.2 Å². The van der Waals surface area contributed by atoms with Gasteiger partial charge in [-0.15, -0.1) is 0 Å². The van der Waals surface area contributed by atoms with E-state index in [1.807, 2.05) is 0 Å². The van der Waals surface area contributed by atoms with E-state index in [2.05, 4.69) is 35.3 Å². The molecule has 3 aliphatic rings. The van der Waals surface area contributed by atoms with Crippen molar-refractivity contribution in [1.29, 1.82) is 0 Å². The fraction of sp³-hybridized carbons (Fsp3) is 0.684. The summed E-state index contributed by atoms with van der Waals surface area (Å²) in [6, 6.07) is 6.85. The van der Waals surface area contributed by atoms with E-state index in [4.69, 9.17) is 14.2 Å². The summed E-state index contributed by atoms with van der Waals surface area (Å²) in [4.78, 5) is 2.49. The first-order chi connectivity index (χ1) is 11.8. The van der Waals surface area contributed by atoms with E-state index in [1.54, 1.807) is 0 Å². The molecule has 0 bridgehead atoms. The number of nitrogens with zero attached hydrogens (tertiary/aromatic N) is 1. The van der Waals surface area contributed by atoms with Gasteiger partial charge in [-0.2, -0.15) is 0 Å². The van der Waals surface area contributed by atoms with Gasteiger partial charge in [0.2, 0.25) is 0 Å². The van der Waals surface area contributed by atoms with Crippen LogP contribution in [0.4, 0.5) is 0 Å². The van der Waals surface area contributed by atoms with E-state index in [0.29, 0.717) is 25.4 Å². The van der Waals surface area contributed by atoms with Gasteiger partial charge in [-0.1, -0.05) is 6.07 Å². The van der Waals surface area contributed by atoms with Crippen LogP contribution < -0.4 is 14.8 Å². The Hall–Kier alpha value is -1.30. The molecule has 1 aromatic carbocycles. The Morgan fingerprint density at radius 1 is 1.17 bits per heavy atom. The van der Waals surface area contributed by atoms with Crippen molar-refractivity contribution in [3.8, 4) is 11.5 Å². The molecule has 132 valence electrons. The van der Waals surface area contributed by atoms with E-state index in [0.717, 1.165) is 50.2 Å². The van der Waals surface area contributed by atoms with Crippen LogP contribution in [0.3, 0.4) is 0 Å². The van der Waals surface area contributed by atoms with Crippen molar-refractivity contribution in [2.24, 2.45) is 5.92 Å². The van der Waals surface area contributed by atoms with Crippen LogP contribution in [0.5, 0.6) is 11.5 Å². The third-order valence-corrected chi connectivity index (χ3v) is 5.14. The summed E-state index contributed by atoms with van der Waals surface area (Å²) in [5, 5.41) is 3.79. The number of nitrogens with one attached hydrogen (secondary N) is 1. The van der Waals surface area contributed by atoms with Gasteiger partial charge in [0.15, 0.2) is 11.5 Å². The molecule has 0 amide bonds. The molecule has 1 aromatic rings. The topological polar surface area (TPSA) is 43.0 Å². The Morgan fingerprint density at radius 3 is 2.79 bits per heavy atom. The second-order valence-electron chi connectivity index (χ2n) is 7.15. The molecule has 4 rings (SSSR count). The second-order valence-corrected chi connectivity index (χ2v) is 7.15. The monoisotopic (exact) mass is 332 g/mol. The Balaban J connectivity index is 1.36. The number of hydrogen-bond acceptors (Lipinski definition) is 5. The Kier molecular flexibility index (Phi) is 4.92. The Bertz CT molecular complexity index is 562. The van der Waals surface area contributed by atoms with Crippen molar-refractivity contribution >= 4 is 0 Å². The van der Waals surface area contributed by atoms with Crippen LogP contribution in [-0.2, 0) is 4.74 Å². The first-order valence-electron chi connectivity index (χ1n) is 9.26. The summed E-state index contributed by atoms with van der Waals surface area (Å²) in [6.07, 6.45) is 3.00. The highest BCUT2D eigenvalue weighted by molar-refractivity contribution is 5.45. The summed E-state index contributed by atoms with van der Waals surface area (Å²) in [5.74, 6) is 2.53. The molecule has 1 saturated carbocycles. The van der Waals surface area contributed by atoms with Crippen LogP contribution >= 0.6 is 0 Å². The molecule has 1 aliphatic carbocycles. The van der Waals surface area contributed by atoms with Crippen LogP contribution in [0.1, 0.15) is 31.4 Å². The van der Waals surface area contributed by atoms with Crippen molar-refractivity contribution in [1.82, 2.24) is 10.2 Å². The predicted octanol–water partition coefficient (Wildman–Crippen LogP) is 2.22. The van der Waals surface area contributed by atoms with Crippen molar-refractivity contribution in [3.05, 3.63) is 23.8 Å². The Labute approximate surface area is 144 Å². The average Bonchev–Trinajstić information content (AvgIpc) is 3.43. The zero-order valence-electron chi connectivity index (χ0n) is 14.5. The van der Waals surface area contributed by atoms with Gasteiger partial charge in [0.25, 0.3) is 0 Å². The summed E-state index contributed by atoms with van der Waals surface area (Å²) < 4.78 is 17.0. The number of ether oxygens (including phenoxy) is 3. The smallest absolute Gasteiger partial charge is 0.161 e. The molecule has 24 heavy (non-hydrogen) atoms. The lowest BCUT2D eigenvalue weighted by atomic mass is 10.0. The fourth-order valence-corrected chi connectivity index (χ4v) is 3.71. The number of benzene rings is 1. The molecule has 2 aliphatic heterocycles. The summed E-state index contributed by atoms with van der Waals surface area (Å²) in [5.41, 5.74) is 1.33. The molecule has 2 heterocycles. The van der Waals surface area contributed by atoms with E-state index < -0.39 is 0 Å². The van der Waals surface area contributed by atoms with Gasteiger partial charge in [-0.25, -0.2) is 0 Å². The van der Waals surface area contributed by atoms with Crippen LogP contribution in [-0.4, -0.2) is 57.0 Å². The van der Waals surface area contributed by atoms with Crippen LogP contribution in [0.25, 0.3) is 0 Å². The summed E-state index contributed by atoms with van der Waals surface area (Å²) in [7, 11) is 0. The molecule has 5 nitrogen and oxygen atoms in total. The number of hydrogen-bond donors (Lipinski definition) is 1. The fourth-order valence-electron chi connectivity index (χ4n) is 3.71. The van der Waals surface area contributed by atoms with Crippen LogP contribution in [0, 0.1) is 5.92 Å². The third-order valence-electron chi connectivity index (χ3n) is 5.14. The Morgan fingerprint density at radius 2 is 2.00 bits per heavy atom. The highest BCUT2D eigenvalue weighted by Crippen LogP contribution is 2.43. The van der Waals surface area contributed by atoms with Crippen molar-refractivity contribution in [3.63, 3.8) is 0 Å². The minimum absolute atomic E-state index is 0.357. The van der Waals surface area contributed by atoms with Crippen molar-refractivity contribution in [2.75, 3.05) is 46.0 Å². The van der Waals surface area contributed by atoms with Crippen LogP contribution in [0.15, 0.2) is 18.2 Å². The largest absolute Gasteiger partial charge is 0.486 e. The maximum Gasteiger partial charge on any atom is 0.161 e. The van der Waals surface area contributed by atoms with Gasteiger partial charge in [0, 0.05) is 32.2 Å². The zero-order chi connectivity index (χ0) is 16.4. The van der Waals surface area contributed by atoms with Gasteiger partial charge in [0.1, 0.15) is 13.2 Å². The SMILES string of the molecule is C[C@H]1CN(CCN[C@@H](c2ccc3c(c2)OCCO3)C2CC2)CCO1.